The van der Waals surface area contributed by atoms with E-state index in [1.807, 2.05) is 19.1 Å². The van der Waals surface area contributed by atoms with Crippen LogP contribution in [0.5, 0.6) is 0 Å². The monoisotopic (exact) mass is 421 g/mol. The lowest BCUT2D eigenvalue weighted by atomic mass is 10.1. The van der Waals surface area contributed by atoms with Crippen molar-refractivity contribution in [2.24, 2.45) is 0 Å². The second kappa shape index (κ2) is 10.3. The fourth-order valence-electron chi connectivity index (χ4n) is 3.29. The number of carbonyl (C=O) groups is 2. The molecule has 1 saturated heterocycles. The van der Waals surface area contributed by atoms with Crippen molar-refractivity contribution >= 4 is 11.8 Å². The summed E-state index contributed by atoms with van der Waals surface area (Å²) in [6.45, 7) is 4.96. The van der Waals surface area contributed by atoms with E-state index >= 15 is 0 Å². The van der Waals surface area contributed by atoms with E-state index in [2.05, 4.69) is 15.5 Å². The van der Waals surface area contributed by atoms with Gasteiger partial charge in [-0.05, 0) is 31.2 Å². The first-order valence-electron chi connectivity index (χ1n) is 9.82. The molecule has 1 atom stereocenters. The van der Waals surface area contributed by atoms with E-state index in [1.165, 1.54) is 0 Å². The quantitative estimate of drug-likeness (QED) is 0.683. The van der Waals surface area contributed by atoms with E-state index in [9.17, 15) is 18.4 Å². The maximum Gasteiger partial charge on any atom is 0.254 e. The molecule has 0 spiro atoms. The van der Waals surface area contributed by atoms with Gasteiger partial charge >= 0.3 is 0 Å². The number of aryl methyl sites for hydroxylation is 1. The molecule has 0 bridgehead atoms. The molecule has 1 unspecified atom stereocenters. The molecule has 2 N–H and O–H groups in total. The third-order valence-corrected chi connectivity index (χ3v) is 4.88. The fraction of sp³-hybridized carbons (Fsp3) is 0.429. The normalized spacial score (nSPS) is 15.6. The van der Waals surface area contributed by atoms with Crippen LogP contribution in [0.2, 0.25) is 0 Å². The predicted octanol–water partition coefficient (Wildman–Crippen LogP) is 2.18. The highest BCUT2D eigenvalue weighted by atomic mass is 19.1. The molecule has 2 aromatic rings. The van der Waals surface area contributed by atoms with Gasteiger partial charge in [-0.1, -0.05) is 0 Å². The zero-order chi connectivity index (χ0) is 21.5. The number of carbonyl (C=O) groups excluding carboxylic acids is 2. The van der Waals surface area contributed by atoms with Crippen LogP contribution in [0.4, 0.5) is 8.78 Å². The molecule has 0 saturated carbocycles. The molecular formula is C21H25F2N3O4. The number of hydrogen-bond acceptors (Lipinski definition) is 5. The van der Waals surface area contributed by atoms with Crippen LogP contribution in [0.3, 0.4) is 0 Å². The number of nitrogens with one attached hydrogen (secondary N) is 2. The second-order valence-corrected chi connectivity index (χ2v) is 7.05. The van der Waals surface area contributed by atoms with Crippen molar-refractivity contribution in [1.82, 2.24) is 15.5 Å². The molecule has 0 aliphatic carbocycles. The van der Waals surface area contributed by atoms with E-state index in [4.69, 9.17) is 9.15 Å². The van der Waals surface area contributed by atoms with Crippen LogP contribution in [0.15, 0.2) is 34.7 Å². The zero-order valence-electron chi connectivity index (χ0n) is 16.7. The Morgan fingerprint density at radius 2 is 1.90 bits per heavy atom. The number of benzene rings is 1. The predicted molar refractivity (Wildman–Crippen MR) is 105 cm³/mol. The molecule has 9 heteroatoms. The number of ether oxygens (including phenoxy) is 1. The maximum atomic E-state index is 13.6. The summed E-state index contributed by atoms with van der Waals surface area (Å²) in [4.78, 5) is 26.4. The van der Waals surface area contributed by atoms with Gasteiger partial charge < -0.3 is 19.8 Å². The molecule has 162 valence electrons. The SMILES string of the molecule is Cc1ccc(C(CNC(=O)CCNC(=O)c2ccc(F)cc2F)N2CCOCC2)o1. The van der Waals surface area contributed by atoms with E-state index < -0.39 is 17.5 Å². The number of furan rings is 1. The van der Waals surface area contributed by atoms with Gasteiger partial charge in [0.1, 0.15) is 23.2 Å². The summed E-state index contributed by atoms with van der Waals surface area (Å²) >= 11 is 0. The molecule has 7 nitrogen and oxygen atoms in total. The molecule has 1 fully saturated rings. The number of morpholine rings is 1. The van der Waals surface area contributed by atoms with Gasteiger partial charge in [-0.3, -0.25) is 14.5 Å². The Morgan fingerprint density at radius 1 is 1.13 bits per heavy atom. The highest BCUT2D eigenvalue weighted by Crippen LogP contribution is 2.23. The van der Waals surface area contributed by atoms with Crippen LogP contribution >= 0.6 is 0 Å². The third-order valence-electron chi connectivity index (χ3n) is 4.88. The first kappa shape index (κ1) is 21.9. The van der Waals surface area contributed by atoms with Crippen molar-refractivity contribution in [2.45, 2.75) is 19.4 Å². The standard InChI is InChI=1S/C21H25F2N3O4/c1-14-2-5-19(30-14)18(26-8-10-29-11-9-26)13-25-20(27)6-7-24-21(28)16-4-3-15(22)12-17(16)23/h2-5,12,18H,6-11,13H2,1H3,(H,24,28)(H,25,27). The largest absolute Gasteiger partial charge is 0.465 e. The Kier molecular flexibility index (Phi) is 7.53. The number of rotatable bonds is 8. The van der Waals surface area contributed by atoms with Gasteiger partial charge in [0.2, 0.25) is 5.91 Å². The van der Waals surface area contributed by atoms with Crippen LogP contribution in [0.1, 0.15) is 34.3 Å². The van der Waals surface area contributed by atoms with Crippen LogP contribution < -0.4 is 10.6 Å². The minimum absolute atomic E-state index is 0.0293. The van der Waals surface area contributed by atoms with Gasteiger partial charge in [-0.25, -0.2) is 8.78 Å². The first-order chi connectivity index (χ1) is 14.4. The van der Waals surface area contributed by atoms with E-state index in [0.29, 0.717) is 25.8 Å². The van der Waals surface area contributed by atoms with Gasteiger partial charge in [0.25, 0.3) is 5.91 Å². The van der Waals surface area contributed by atoms with Crippen LogP contribution in [0.25, 0.3) is 0 Å². The topological polar surface area (TPSA) is 83.8 Å². The molecule has 1 aromatic carbocycles. The van der Waals surface area contributed by atoms with Crippen molar-refractivity contribution in [3.8, 4) is 0 Å². The van der Waals surface area contributed by atoms with Gasteiger partial charge in [-0.15, -0.1) is 0 Å². The second-order valence-electron chi connectivity index (χ2n) is 7.05. The van der Waals surface area contributed by atoms with Crippen molar-refractivity contribution in [2.75, 3.05) is 39.4 Å². The van der Waals surface area contributed by atoms with E-state index in [0.717, 1.165) is 36.7 Å². The Bertz CT molecular complexity index is 881. The van der Waals surface area contributed by atoms with E-state index in [1.54, 1.807) is 0 Å². The lowest BCUT2D eigenvalue weighted by Crippen LogP contribution is -2.44. The van der Waals surface area contributed by atoms with Crippen molar-refractivity contribution in [3.05, 3.63) is 59.1 Å². The number of halogens is 2. The van der Waals surface area contributed by atoms with E-state index in [-0.39, 0.29) is 30.5 Å². The average molecular weight is 421 g/mol. The van der Waals surface area contributed by atoms with Crippen LogP contribution in [-0.4, -0.2) is 56.1 Å². The first-order valence-corrected chi connectivity index (χ1v) is 9.82. The maximum absolute atomic E-state index is 13.6. The van der Waals surface area contributed by atoms with Crippen LogP contribution in [0, 0.1) is 18.6 Å². The van der Waals surface area contributed by atoms with Gasteiger partial charge in [-0.2, -0.15) is 0 Å². The van der Waals surface area contributed by atoms with Gasteiger partial charge in [0.15, 0.2) is 0 Å². The highest BCUT2D eigenvalue weighted by molar-refractivity contribution is 5.94. The summed E-state index contributed by atoms with van der Waals surface area (Å²) in [6.07, 6.45) is 0.0293. The van der Waals surface area contributed by atoms with Gasteiger partial charge in [0, 0.05) is 38.7 Å². The Hall–Kier alpha value is -2.78. The Balaban J connectivity index is 1.48. The van der Waals surface area contributed by atoms with Crippen molar-refractivity contribution in [3.63, 3.8) is 0 Å². The van der Waals surface area contributed by atoms with Crippen molar-refractivity contribution < 1.29 is 27.5 Å². The third kappa shape index (κ3) is 5.87. The Morgan fingerprint density at radius 3 is 2.57 bits per heavy atom. The summed E-state index contributed by atoms with van der Waals surface area (Å²) < 4.78 is 37.7. The summed E-state index contributed by atoms with van der Waals surface area (Å²) in [7, 11) is 0. The minimum atomic E-state index is -0.945. The molecular weight excluding hydrogens is 396 g/mol. The summed E-state index contributed by atoms with van der Waals surface area (Å²) in [6, 6.07) is 6.39. The molecule has 1 aromatic heterocycles. The zero-order valence-corrected chi connectivity index (χ0v) is 16.7. The number of nitrogens with zero attached hydrogens (tertiary/aromatic N) is 1. The summed E-state index contributed by atoms with van der Waals surface area (Å²) in [5, 5.41) is 5.33. The molecule has 3 rings (SSSR count). The van der Waals surface area contributed by atoms with Gasteiger partial charge in [0.05, 0.1) is 24.8 Å². The summed E-state index contributed by atoms with van der Waals surface area (Å²) in [5.74, 6) is -1.09. The smallest absolute Gasteiger partial charge is 0.254 e. The number of hydrogen-bond donors (Lipinski definition) is 2. The minimum Gasteiger partial charge on any atom is -0.465 e. The van der Waals surface area contributed by atoms with Crippen molar-refractivity contribution in [1.29, 1.82) is 0 Å². The molecule has 2 heterocycles. The average Bonchev–Trinajstić information content (AvgIpc) is 3.15. The number of amides is 2. The molecule has 1 aliphatic rings. The summed E-state index contributed by atoms with van der Waals surface area (Å²) in [5.41, 5.74) is -0.266. The lowest BCUT2D eigenvalue weighted by Gasteiger charge is -2.33. The van der Waals surface area contributed by atoms with Crippen LogP contribution in [-0.2, 0) is 9.53 Å². The lowest BCUT2D eigenvalue weighted by molar-refractivity contribution is -0.121. The highest BCUT2D eigenvalue weighted by Gasteiger charge is 2.25. The molecule has 2 amide bonds. The Labute approximate surface area is 173 Å². The molecule has 0 radical (unpaired) electrons. The fourth-order valence-corrected chi connectivity index (χ4v) is 3.29. The molecule has 1 aliphatic heterocycles. The molecule has 30 heavy (non-hydrogen) atoms.